The maximum atomic E-state index is 12.5. The minimum absolute atomic E-state index is 0.0458. The van der Waals surface area contributed by atoms with E-state index < -0.39 is 5.54 Å². The van der Waals surface area contributed by atoms with Gasteiger partial charge in [0.2, 0.25) is 11.8 Å². The summed E-state index contributed by atoms with van der Waals surface area (Å²) in [5, 5.41) is 2.87. The van der Waals surface area contributed by atoms with Crippen LogP contribution < -0.4 is 11.1 Å². The number of rotatable bonds is 2. The summed E-state index contributed by atoms with van der Waals surface area (Å²) in [4.78, 5) is 29.9. The maximum Gasteiger partial charge on any atom is 0.246 e. The third-order valence-electron chi connectivity index (χ3n) is 4.63. The van der Waals surface area contributed by atoms with Crippen molar-refractivity contribution in [3.8, 4) is 0 Å². The van der Waals surface area contributed by atoms with Gasteiger partial charge in [0.05, 0.1) is 11.9 Å². The summed E-state index contributed by atoms with van der Waals surface area (Å²) in [7, 11) is 0. The van der Waals surface area contributed by atoms with Crippen molar-refractivity contribution in [2.24, 2.45) is 5.73 Å². The number of carbonyl (C=O) groups is 2. The number of carbonyl (C=O) groups excluding carboxylic acids is 2. The zero-order valence-corrected chi connectivity index (χ0v) is 12.9. The average molecular weight is 302 g/mol. The van der Waals surface area contributed by atoms with Crippen molar-refractivity contribution in [2.75, 3.05) is 18.4 Å². The number of fused-ring (bicyclic) bond motifs is 1. The van der Waals surface area contributed by atoms with E-state index in [1.165, 1.54) is 25.3 Å². The van der Waals surface area contributed by atoms with Gasteiger partial charge in [0, 0.05) is 25.7 Å². The van der Waals surface area contributed by atoms with Crippen LogP contribution in [0.15, 0.2) is 12.3 Å². The molecule has 6 heteroatoms. The van der Waals surface area contributed by atoms with Gasteiger partial charge in [-0.3, -0.25) is 14.6 Å². The van der Waals surface area contributed by atoms with Gasteiger partial charge in [-0.25, -0.2) is 0 Å². The molecule has 0 saturated carbocycles. The third-order valence-corrected chi connectivity index (χ3v) is 4.63. The lowest BCUT2D eigenvalue weighted by Gasteiger charge is -2.23. The zero-order chi connectivity index (χ0) is 15.7. The molecule has 0 bridgehead atoms. The first-order valence-electron chi connectivity index (χ1n) is 7.82. The van der Waals surface area contributed by atoms with Gasteiger partial charge in [-0.2, -0.15) is 0 Å². The van der Waals surface area contributed by atoms with Gasteiger partial charge >= 0.3 is 0 Å². The topological polar surface area (TPSA) is 88.3 Å². The minimum atomic E-state index is -1.01. The summed E-state index contributed by atoms with van der Waals surface area (Å²) in [6, 6.07) is 2.00. The van der Waals surface area contributed by atoms with Gasteiger partial charge in [-0.05, 0) is 43.7 Å². The molecule has 6 nitrogen and oxygen atoms in total. The number of pyridine rings is 1. The number of hydrogen-bond donors (Lipinski definition) is 2. The number of hydrogen-bond acceptors (Lipinski definition) is 4. The van der Waals surface area contributed by atoms with Gasteiger partial charge in [0.25, 0.3) is 0 Å². The molecule has 0 aromatic carbocycles. The highest BCUT2D eigenvalue weighted by molar-refractivity contribution is 5.99. The van der Waals surface area contributed by atoms with Crippen molar-refractivity contribution in [1.29, 1.82) is 0 Å². The molecule has 1 aromatic rings. The molecule has 1 fully saturated rings. The van der Waals surface area contributed by atoms with E-state index in [1.54, 1.807) is 11.1 Å². The first-order chi connectivity index (χ1) is 10.5. The smallest absolute Gasteiger partial charge is 0.246 e. The molecule has 0 radical (unpaired) electrons. The highest BCUT2D eigenvalue weighted by atomic mass is 16.2. The Bertz CT molecular complexity index is 616. The Morgan fingerprint density at radius 3 is 2.86 bits per heavy atom. The molecule has 1 aliphatic carbocycles. The predicted octanol–water partition coefficient (Wildman–Crippen LogP) is 0.849. The van der Waals surface area contributed by atoms with E-state index in [0.717, 1.165) is 18.5 Å². The molecule has 118 valence electrons. The van der Waals surface area contributed by atoms with Crippen molar-refractivity contribution < 1.29 is 9.59 Å². The van der Waals surface area contributed by atoms with Gasteiger partial charge in [-0.1, -0.05) is 0 Å². The fraction of sp³-hybridized carbons (Fsp3) is 0.562. The number of likely N-dealkylation sites (tertiary alicyclic amines) is 1. The predicted molar refractivity (Wildman–Crippen MR) is 83.3 cm³/mol. The van der Waals surface area contributed by atoms with E-state index in [4.69, 9.17) is 5.73 Å². The van der Waals surface area contributed by atoms with Crippen LogP contribution >= 0.6 is 0 Å². The Morgan fingerprint density at radius 2 is 2.14 bits per heavy atom. The number of anilines is 1. The molecule has 1 atom stereocenters. The highest BCUT2D eigenvalue weighted by Gasteiger charge is 2.42. The van der Waals surface area contributed by atoms with Crippen LogP contribution in [0.5, 0.6) is 0 Å². The van der Waals surface area contributed by atoms with Crippen molar-refractivity contribution >= 4 is 17.5 Å². The lowest BCUT2D eigenvalue weighted by molar-refractivity contribution is -0.128. The molecule has 1 aliphatic heterocycles. The van der Waals surface area contributed by atoms with Gasteiger partial charge in [0.1, 0.15) is 5.54 Å². The van der Waals surface area contributed by atoms with Crippen LogP contribution in [0.1, 0.15) is 37.4 Å². The van der Waals surface area contributed by atoms with Crippen LogP contribution in [-0.4, -0.2) is 40.3 Å². The number of aryl methyl sites for hydroxylation is 2. The number of nitrogens with two attached hydrogens (primary N) is 1. The standard InChI is InChI=1S/C16H22N4O2/c1-11(21)20-7-6-16(17,10-20)15(22)19-13-8-12-4-2-3-5-14(12)18-9-13/h8-9H,2-7,10,17H2,1H3,(H,19,22). The SMILES string of the molecule is CC(=O)N1CCC(N)(C(=O)Nc2cnc3c(c2)CCCC3)C1. The second kappa shape index (κ2) is 5.68. The first kappa shape index (κ1) is 15.0. The fourth-order valence-electron chi connectivity index (χ4n) is 3.20. The summed E-state index contributed by atoms with van der Waals surface area (Å²) in [6.07, 6.45) is 6.55. The molecule has 3 N–H and O–H groups in total. The second-order valence-corrected chi connectivity index (χ2v) is 6.34. The molecule has 2 aliphatic rings. The second-order valence-electron chi connectivity index (χ2n) is 6.34. The molecule has 3 rings (SSSR count). The van der Waals surface area contributed by atoms with Crippen LogP contribution in [0.2, 0.25) is 0 Å². The van der Waals surface area contributed by atoms with Gasteiger partial charge in [0.15, 0.2) is 0 Å². The molecule has 2 amide bonds. The van der Waals surface area contributed by atoms with Crippen LogP contribution in [0.4, 0.5) is 5.69 Å². The van der Waals surface area contributed by atoms with Crippen molar-refractivity contribution in [1.82, 2.24) is 9.88 Å². The van der Waals surface area contributed by atoms with Crippen LogP contribution in [0.3, 0.4) is 0 Å². The number of aromatic nitrogens is 1. The number of nitrogens with zero attached hydrogens (tertiary/aromatic N) is 2. The van der Waals surface area contributed by atoms with E-state index in [0.29, 0.717) is 18.7 Å². The molecule has 1 saturated heterocycles. The third kappa shape index (κ3) is 2.83. The lowest BCUT2D eigenvalue weighted by Crippen LogP contribution is -2.53. The molecule has 1 aromatic heterocycles. The normalized spacial score (nSPS) is 24.0. The monoisotopic (exact) mass is 302 g/mol. The molecule has 2 heterocycles. The first-order valence-corrected chi connectivity index (χ1v) is 7.82. The maximum absolute atomic E-state index is 12.5. The molecular weight excluding hydrogens is 280 g/mol. The Hall–Kier alpha value is -1.95. The Labute approximate surface area is 130 Å². The summed E-state index contributed by atoms with van der Waals surface area (Å²) in [6.45, 7) is 2.30. The largest absolute Gasteiger partial charge is 0.340 e. The number of amides is 2. The van der Waals surface area contributed by atoms with Crippen LogP contribution in [-0.2, 0) is 22.4 Å². The molecule has 22 heavy (non-hydrogen) atoms. The Kier molecular flexibility index (Phi) is 3.87. The van der Waals surface area contributed by atoms with Gasteiger partial charge < -0.3 is 16.0 Å². The summed E-state index contributed by atoms with van der Waals surface area (Å²) in [5.74, 6) is -0.288. The molecule has 0 spiro atoms. The van der Waals surface area contributed by atoms with Crippen LogP contribution in [0, 0.1) is 0 Å². The molecular formula is C16H22N4O2. The van der Waals surface area contributed by atoms with E-state index in [1.807, 2.05) is 6.07 Å². The summed E-state index contributed by atoms with van der Waals surface area (Å²) in [5.41, 5.74) is 8.22. The fourth-order valence-corrected chi connectivity index (χ4v) is 3.20. The highest BCUT2D eigenvalue weighted by Crippen LogP contribution is 2.24. The van der Waals surface area contributed by atoms with Gasteiger partial charge in [-0.15, -0.1) is 0 Å². The van der Waals surface area contributed by atoms with Crippen molar-refractivity contribution in [3.05, 3.63) is 23.5 Å². The zero-order valence-electron chi connectivity index (χ0n) is 12.9. The summed E-state index contributed by atoms with van der Waals surface area (Å²) >= 11 is 0. The Morgan fingerprint density at radius 1 is 1.36 bits per heavy atom. The lowest BCUT2D eigenvalue weighted by atomic mass is 9.95. The molecule has 1 unspecified atom stereocenters. The van der Waals surface area contributed by atoms with E-state index >= 15 is 0 Å². The quantitative estimate of drug-likeness (QED) is 0.847. The van der Waals surface area contributed by atoms with Crippen molar-refractivity contribution in [2.45, 2.75) is 44.6 Å². The van der Waals surface area contributed by atoms with E-state index in [9.17, 15) is 9.59 Å². The van der Waals surface area contributed by atoms with E-state index in [-0.39, 0.29) is 18.4 Å². The van der Waals surface area contributed by atoms with E-state index in [2.05, 4.69) is 10.3 Å². The summed E-state index contributed by atoms with van der Waals surface area (Å²) < 4.78 is 0. The van der Waals surface area contributed by atoms with Crippen molar-refractivity contribution in [3.63, 3.8) is 0 Å². The average Bonchev–Trinajstić information content (AvgIpc) is 2.91. The minimum Gasteiger partial charge on any atom is -0.340 e. The number of nitrogens with one attached hydrogen (secondary N) is 1. The Balaban J connectivity index is 1.70. The van der Waals surface area contributed by atoms with Crippen LogP contribution in [0.25, 0.3) is 0 Å².